The van der Waals surface area contributed by atoms with E-state index in [4.69, 9.17) is 30.5 Å². The van der Waals surface area contributed by atoms with Gasteiger partial charge in [-0.15, -0.1) is 11.3 Å². The molecule has 29 heavy (non-hydrogen) atoms. The van der Waals surface area contributed by atoms with E-state index in [9.17, 15) is 4.79 Å². The molecule has 0 aliphatic carbocycles. The predicted molar refractivity (Wildman–Crippen MR) is 110 cm³/mol. The van der Waals surface area contributed by atoms with Crippen LogP contribution in [0.1, 0.15) is 22.5 Å². The van der Waals surface area contributed by atoms with Crippen LogP contribution in [0.5, 0.6) is 17.2 Å². The smallest absolute Gasteiger partial charge is 0.338 e. The van der Waals surface area contributed by atoms with Gasteiger partial charge in [0.15, 0.2) is 11.5 Å². The Kier molecular flexibility index (Phi) is 5.87. The number of halogens is 1. The zero-order chi connectivity index (χ0) is 20.2. The molecule has 8 heteroatoms. The molecular weight excluding hydrogens is 414 g/mol. The number of benzene rings is 2. The van der Waals surface area contributed by atoms with Crippen molar-refractivity contribution >= 4 is 28.9 Å². The summed E-state index contributed by atoms with van der Waals surface area (Å²) >= 11 is 7.71. The molecule has 0 unspecified atom stereocenters. The molecule has 2 aromatic carbocycles. The number of ether oxygens (including phenoxy) is 4. The molecule has 4 rings (SSSR count). The SMILES string of the molecule is COc1ccccc1-c1nc(COC(=O)c2cc(Cl)c3c(c2)OCCCO3)cs1. The second-order valence-electron chi connectivity index (χ2n) is 6.26. The zero-order valence-electron chi connectivity index (χ0n) is 15.6. The Hall–Kier alpha value is -2.77. The topological polar surface area (TPSA) is 66.9 Å². The Morgan fingerprint density at radius 1 is 1.24 bits per heavy atom. The first-order chi connectivity index (χ1) is 14.2. The van der Waals surface area contributed by atoms with Crippen LogP contribution in [0.3, 0.4) is 0 Å². The number of methoxy groups -OCH3 is 1. The summed E-state index contributed by atoms with van der Waals surface area (Å²) in [6.45, 7) is 1.08. The van der Waals surface area contributed by atoms with Gasteiger partial charge in [-0.05, 0) is 24.3 Å². The molecule has 6 nitrogen and oxygen atoms in total. The molecule has 0 amide bonds. The molecule has 0 bridgehead atoms. The van der Waals surface area contributed by atoms with Crippen molar-refractivity contribution in [3.63, 3.8) is 0 Å². The van der Waals surface area contributed by atoms with Crippen LogP contribution in [0.25, 0.3) is 10.6 Å². The van der Waals surface area contributed by atoms with E-state index < -0.39 is 5.97 Å². The highest BCUT2D eigenvalue weighted by atomic mass is 35.5. The van der Waals surface area contributed by atoms with Crippen LogP contribution in [0.4, 0.5) is 0 Å². The maximum absolute atomic E-state index is 12.5. The number of para-hydroxylation sites is 1. The maximum Gasteiger partial charge on any atom is 0.338 e. The molecule has 0 atom stereocenters. The van der Waals surface area contributed by atoms with Gasteiger partial charge >= 0.3 is 5.97 Å². The van der Waals surface area contributed by atoms with Crippen molar-refractivity contribution in [3.8, 4) is 27.8 Å². The molecule has 0 saturated carbocycles. The minimum absolute atomic E-state index is 0.0521. The molecule has 0 N–H and O–H groups in total. The lowest BCUT2D eigenvalue weighted by atomic mass is 10.2. The number of rotatable bonds is 5. The Bertz CT molecular complexity index is 1040. The average molecular weight is 432 g/mol. The molecule has 0 saturated heterocycles. The van der Waals surface area contributed by atoms with Gasteiger partial charge in [0, 0.05) is 11.8 Å². The van der Waals surface area contributed by atoms with Gasteiger partial charge in [0.2, 0.25) is 0 Å². The lowest BCUT2D eigenvalue weighted by molar-refractivity contribution is 0.0468. The number of hydrogen-bond acceptors (Lipinski definition) is 7. The molecule has 2 heterocycles. The Balaban J connectivity index is 1.46. The number of carbonyl (C=O) groups excluding carboxylic acids is 1. The molecule has 0 spiro atoms. The van der Waals surface area contributed by atoms with E-state index in [1.54, 1.807) is 13.2 Å². The van der Waals surface area contributed by atoms with E-state index in [-0.39, 0.29) is 6.61 Å². The van der Waals surface area contributed by atoms with Crippen molar-refractivity contribution < 1.29 is 23.7 Å². The first-order valence-corrected chi connectivity index (χ1v) is 10.3. The third kappa shape index (κ3) is 4.31. The van der Waals surface area contributed by atoms with Crippen molar-refractivity contribution in [2.75, 3.05) is 20.3 Å². The Labute approximate surface area is 177 Å². The Morgan fingerprint density at radius 2 is 2.07 bits per heavy atom. The lowest BCUT2D eigenvalue weighted by Crippen LogP contribution is -2.06. The predicted octanol–water partition coefficient (Wildman–Crippen LogP) is 4.99. The van der Waals surface area contributed by atoms with Gasteiger partial charge < -0.3 is 18.9 Å². The summed E-state index contributed by atoms with van der Waals surface area (Å²) in [4.78, 5) is 17.0. The number of esters is 1. The molecule has 0 fully saturated rings. The quantitative estimate of drug-likeness (QED) is 0.530. The largest absolute Gasteiger partial charge is 0.496 e. The van der Waals surface area contributed by atoms with Crippen molar-refractivity contribution in [2.24, 2.45) is 0 Å². The average Bonchev–Trinajstić information content (AvgIpc) is 3.08. The number of fused-ring (bicyclic) bond motifs is 1. The third-order valence-corrected chi connectivity index (χ3v) is 5.48. The molecule has 3 aromatic rings. The summed E-state index contributed by atoms with van der Waals surface area (Å²) < 4.78 is 22.0. The second-order valence-corrected chi connectivity index (χ2v) is 7.52. The van der Waals surface area contributed by atoms with Gasteiger partial charge in [0.05, 0.1) is 42.2 Å². The summed E-state index contributed by atoms with van der Waals surface area (Å²) in [5.41, 5.74) is 1.86. The van der Waals surface area contributed by atoms with Gasteiger partial charge in [-0.3, -0.25) is 0 Å². The van der Waals surface area contributed by atoms with Crippen LogP contribution in [-0.4, -0.2) is 31.3 Å². The van der Waals surface area contributed by atoms with Crippen LogP contribution >= 0.6 is 22.9 Å². The van der Waals surface area contributed by atoms with E-state index >= 15 is 0 Å². The molecule has 1 aliphatic rings. The van der Waals surface area contributed by atoms with Gasteiger partial charge in [-0.1, -0.05) is 23.7 Å². The first-order valence-electron chi connectivity index (χ1n) is 9.00. The second kappa shape index (κ2) is 8.71. The van der Waals surface area contributed by atoms with Gasteiger partial charge in [-0.25, -0.2) is 9.78 Å². The van der Waals surface area contributed by atoms with E-state index in [0.29, 0.717) is 41.0 Å². The molecule has 1 aliphatic heterocycles. The van der Waals surface area contributed by atoms with E-state index in [2.05, 4.69) is 4.98 Å². The highest BCUT2D eigenvalue weighted by Crippen LogP contribution is 2.38. The van der Waals surface area contributed by atoms with Crippen molar-refractivity contribution in [1.29, 1.82) is 0 Å². The first kappa shape index (κ1) is 19.5. The molecule has 150 valence electrons. The van der Waals surface area contributed by atoms with E-state index in [1.807, 2.05) is 29.6 Å². The summed E-state index contributed by atoms with van der Waals surface area (Å²) in [6, 6.07) is 10.8. The fraction of sp³-hybridized carbons (Fsp3) is 0.238. The van der Waals surface area contributed by atoms with Gasteiger partial charge in [0.25, 0.3) is 0 Å². The van der Waals surface area contributed by atoms with Crippen LogP contribution in [0.2, 0.25) is 5.02 Å². The third-order valence-electron chi connectivity index (χ3n) is 4.28. The summed E-state index contributed by atoms with van der Waals surface area (Å²) in [5.74, 6) is 1.15. The standard InChI is InChI=1S/C21H18ClNO5S/c1-25-17-6-3-2-5-15(17)20-23-14(12-29-20)11-28-21(24)13-9-16(22)19-18(10-13)26-7-4-8-27-19/h2-3,5-6,9-10,12H,4,7-8,11H2,1H3. The summed E-state index contributed by atoms with van der Waals surface area (Å²) in [6.07, 6.45) is 0.753. The number of hydrogen-bond donors (Lipinski definition) is 0. The Morgan fingerprint density at radius 3 is 2.93 bits per heavy atom. The minimum Gasteiger partial charge on any atom is -0.496 e. The van der Waals surface area contributed by atoms with Crippen LogP contribution < -0.4 is 14.2 Å². The number of aromatic nitrogens is 1. The number of carbonyl (C=O) groups is 1. The fourth-order valence-electron chi connectivity index (χ4n) is 2.89. The van der Waals surface area contributed by atoms with Gasteiger partial charge in [-0.2, -0.15) is 0 Å². The normalized spacial score (nSPS) is 12.9. The van der Waals surface area contributed by atoms with Crippen LogP contribution in [0, 0.1) is 0 Å². The van der Waals surface area contributed by atoms with Crippen LogP contribution in [0.15, 0.2) is 41.8 Å². The minimum atomic E-state index is -0.505. The number of nitrogens with zero attached hydrogens (tertiary/aromatic N) is 1. The van der Waals surface area contributed by atoms with E-state index in [1.165, 1.54) is 17.4 Å². The molecule has 0 radical (unpaired) electrons. The van der Waals surface area contributed by atoms with Crippen molar-refractivity contribution in [3.05, 3.63) is 58.1 Å². The highest BCUT2D eigenvalue weighted by molar-refractivity contribution is 7.13. The zero-order valence-corrected chi connectivity index (χ0v) is 17.2. The molecule has 1 aromatic heterocycles. The summed E-state index contributed by atoms with van der Waals surface area (Å²) in [7, 11) is 1.62. The van der Waals surface area contributed by atoms with Gasteiger partial charge in [0.1, 0.15) is 17.4 Å². The van der Waals surface area contributed by atoms with Crippen LogP contribution in [-0.2, 0) is 11.3 Å². The van der Waals surface area contributed by atoms with E-state index in [0.717, 1.165) is 22.7 Å². The lowest BCUT2D eigenvalue weighted by Gasteiger charge is -2.11. The fourth-order valence-corrected chi connectivity index (χ4v) is 3.99. The van der Waals surface area contributed by atoms with Crippen molar-refractivity contribution in [2.45, 2.75) is 13.0 Å². The highest BCUT2D eigenvalue weighted by Gasteiger charge is 2.19. The number of thiazole rings is 1. The van der Waals surface area contributed by atoms with Crippen molar-refractivity contribution in [1.82, 2.24) is 4.98 Å². The molecular formula is C21H18ClNO5S. The monoisotopic (exact) mass is 431 g/mol. The maximum atomic E-state index is 12.5. The summed E-state index contributed by atoms with van der Waals surface area (Å²) in [5, 5.41) is 2.98.